The Morgan fingerprint density at radius 1 is 1.39 bits per heavy atom. The minimum atomic E-state index is -0.649. The zero-order valence-corrected chi connectivity index (χ0v) is 10.4. The Labute approximate surface area is 106 Å². The van der Waals surface area contributed by atoms with Gasteiger partial charge in [-0.3, -0.25) is 4.79 Å². The molecular weight excluding hydrogens is 226 g/mol. The van der Waals surface area contributed by atoms with E-state index in [2.05, 4.69) is 11.9 Å². The Morgan fingerprint density at radius 2 is 2.11 bits per heavy atom. The summed E-state index contributed by atoms with van der Waals surface area (Å²) < 4.78 is 1.85. The summed E-state index contributed by atoms with van der Waals surface area (Å²) in [6, 6.07) is 8.72. The van der Waals surface area contributed by atoms with Gasteiger partial charge in [-0.25, -0.2) is 4.98 Å². The number of Topliss-reactive ketones (excluding diaryl/α,β-unsaturated/α-hetero) is 1. The van der Waals surface area contributed by atoms with E-state index < -0.39 is 6.04 Å². The third-order valence-corrected chi connectivity index (χ3v) is 2.84. The van der Waals surface area contributed by atoms with Gasteiger partial charge in [-0.05, 0) is 12.0 Å². The molecule has 1 aromatic carbocycles. The minimum Gasteiger partial charge on any atom is -0.328 e. The SMILES string of the molecule is CCCn1ccnc1C(=O)[C@H](N)c1ccccc1. The molecule has 0 saturated heterocycles. The van der Waals surface area contributed by atoms with Gasteiger partial charge in [0, 0.05) is 18.9 Å². The summed E-state index contributed by atoms with van der Waals surface area (Å²) in [5, 5.41) is 0. The molecule has 1 heterocycles. The van der Waals surface area contributed by atoms with Crippen molar-refractivity contribution in [3.63, 3.8) is 0 Å². The van der Waals surface area contributed by atoms with E-state index >= 15 is 0 Å². The molecule has 0 unspecified atom stereocenters. The standard InChI is InChI=1S/C14H17N3O/c1-2-9-17-10-8-16-14(17)13(18)12(15)11-6-4-3-5-7-11/h3-8,10,12H,2,9,15H2,1H3/t12-/m1/s1. The zero-order valence-electron chi connectivity index (χ0n) is 10.4. The third-order valence-electron chi connectivity index (χ3n) is 2.84. The summed E-state index contributed by atoms with van der Waals surface area (Å²) >= 11 is 0. The topological polar surface area (TPSA) is 60.9 Å². The van der Waals surface area contributed by atoms with Crippen LogP contribution in [-0.2, 0) is 6.54 Å². The highest BCUT2D eigenvalue weighted by Crippen LogP contribution is 2.15. The van der Waals surface area contributed by atoms with Gasteiger partial charge in [0.2, 0.25) is 5.78 Å². The molecule has 0 saturated carbocycles. The van der Waals surface area contributed by atoms with Crippen LogP contribution in [0.5, 0.6) is 0 Å². The summed E-state index contributed by atoms with van der Waals surface area (Å²) in [4.78, 5) is 16.4. The van der Waals surface area contributed by atoms with Crippen molar-refractivity contribution in [1.29, 1.82) is 0 Å². The number of nitrogens with two attached hydrogens (primary N) is 1. The van der Waals surface area contributed by atoms with Crippen LogP contribution < -0.4 is 5.73 Å². The smallest absolute Gasteiger partial charge is 0.219 e. The summed E-state index contributed by atoms with van der Waals surface area (Å²) in [5.74, 6) is 0.299. The maximum absolute atomic E-state index is 12.3. The molecule has 2 N–H and O–H groups in total. The second-order valence-electron chi connectivity index (χ2n) is 4.20. The molecule has 0 bridgehead atoms. The third kappa shape index (κ3) is 2.49. The summed E-state index contributed by atoms with van der Waals surface area (Å²) in [5.41, 5.74) is 6.81. The van der Waals surface area contributed by atoms with E-state index in [0.717, 1.165) is 18.5 Å². The molecule has 0 aliphatic heterocycles. The van der Waals surface area contributed by atoms with Crippen molar-refractivity contribution in [2.75, 3.05) is 0 Å². The fourth-order valence-corrected chi connectivity index (χ4v) is 1.91. The number of rotatable bonds is 5. The molecule has 1 aromatic heterocycles. The normalized spacial score (nSPS) is 12.3. The predicted octanol–water partition coefficient (Wildman–Crippen LogP) is 2.18. The maximum Gasteiger partial charge on any atom is 0.219 e. The number of aromatic nitrogens is 2. The first-order chi connectivity index (χ1) is 8.74. The highest BCUT2D eigenvalue weighted by Gasteiger charge is 2.21. The molecular formula is C14H17N3O. The Morgan fingerprint density at radius 3 is 2.78 bits per heavy atom. The number of carbonyl (C=O) groups excluding carboxylic acids is 1. The number of hydrogen-bond donors (Lipinski definition) is 1. The molecule has 0 aliphatic carbocycles. The van der Waals surface area contributed by atoms with Crippen LogP contribution in [0.1, 0.15) is 35.6 Å². The van der Waals surface area contributed by atoms with Crippen molar-refractivity contribution < 1.29 is 4.79 Å². The summed E-state index contributed by atoms with van der Waals surface area (Å²) in [6.45, 7) is 2.84. The van der Waals surface area contributed by atoms with Gasteiger partial charge < -0.3 is 10.3 Å². The van der Waals surface area contributed by atoms with Crippen LogP contribution in [0.3, 0.4) is 0 Å². The van der Waals surface area contributed by atoms with Gasteiger partial charge in [0.25, 0.3) is 0 Å². The second kappa shape index (κ2) is 5.60. The van der Waals surface area contributed by atoms with Crippen LogP contribution in [0.4, 0.5) is 0 Å². The average Bonchev–Trinajstić information content (AvgIpc) is 2.87. The highest BCUT2D eigenvalue weighted by molar-refractivity contribution is 5.97. The minimum absolute atomic E-state index is 0.139. The number of benzene rings is 1. The van der Waals surface area contributed by atoms with Crippen LogP contribution in [0.15, 0.2) is 42.7 Å². The van der Waals surface area contributed by atoms with E-state index in [1.807, 2.05) is 41.1 Å². The van der Waals surface area contributed by atoms with Gasteiger partial charge in [0.1, 0.15) is 0 Å². The molecule has 0 radical (unpaired) electrons. The number of nitrogens with zero attached hydrogens (tertiary/aromatic N) is 2. The second-order valence-corrected chi connectivity index (χ2v) is 4.20. The average molecular weight is 243 g/mol. The molecule has 4 heteroatoms. The molecule has 0 amide bonds. The van der Waals surface area contributed by atoms with Crippen molar-refractivity contribution in [1.82, 2.24) is 9.55 Å². The van der Waals surface area contributed by atoms with Gasteiger partial charge in [0.15, 0.2) is 5.82 Å². The molecule has 2 rings (SSSR count). The van der Waals surface area contributed by atoms with Crippen LogP contribution >= 0.6 is 0 Å². The van der Waals surface area contributed by atoms with Crippen molar-refractivity contribution in [2.24, 2.45) is 5.73 Å². The number of carbonyl (C=O) groups is 1. The quantitative estimate of drug-likeness (QED) is 0.819. The van der Waals surface area contributed by atoms with Gasteiger partial charge in [0.05, 0.1) is 6.04 Å². The fraction of sp³-hybridized carbons (Fsp3) is 0.286. The van der Waals surface area contributed by atoms with E-state index in [9.17, 15) is 4.79 Å². The molecule has 0 aliphatic rings. The number of hydrogen-bond acceptors (Lipinski definition) is 3. The van der Waals surface area contributed by atoms with Gasteiger partial charge in [-0.15, -0.1) is 0 Å². The lowest BCUT2D eigenvalue weighted by Crippen LogP contribution is -2.24. The zero-order chi connectivity index (χ0) is 13.0. The highest BCUT2D eigenvalue weighted by atomic mass is 16.1. The van der Waals surface area contributed by atoms with Crippen LogP contribution in [0.25, 0.3) is 0 Å². The molecule has 0 fully saturated rings. The fourth-order valence-electron chi connectivity index (χ4n) is 1.91. The van der Waals surface area contributed by atoms with Gasteiger partial charge in [-0.1, -0.05) is 37.3 Å². The van der Waals surface area contributed by atoms with E-state index in [-0.39, 0.29) is 5.78 Å². The van der Waals surface area contributed by atoms with Crippen molar-refractivity contribution in [2.45, 2.75) is 25.9 Å². The predicted molar refractivity (Wildman–Crippen MR) is 70.2 cm³/mol. The monoisotopic (exact) mass is 243 g/mol. The van der Waals surface area contributed by atoms with Crippen molar-refractivity contribution in [3.8, 4) is 0 Å². The number of imidazole rings is 1. The maximum atomic E-state index is 12.3. The Hall–Kier alpha value is -1.94. The van der Waals surface area contributed by atoms with Crippen molar-refractivity contribution in [3.05, 3.63) is 54.1 Å². The lowest BCUT2D eigenvalue weighted by atomic mass is 10.0. The molecule has 4 nitrogen and oxygen atoms in total. The van der Waals surface area contributed by atoms with Crippen LogP contribution in [0.2, 0.25) is 0 Å². The van der Waals surface area contributed by atoms with E-state index in [1.54, 1.807) is 6.20 Å². The summed E-state index contributed by atoms with van der Waals surface area (Å²) in [6.07, 6.45) is 4.41. The first-order valence-corrected chi connectivity index (χ1v) is 6.10. The van der Waals surface area contributed by atoms with E-state index in [4.69, 9.17) is 5.73 Å². The number of aryl methyl sites for hydroxylation is 1. The molecule has 0 spiro atoms. The Balaban J connectivity index is 2.23. The first-order valence-electron chi connectivity index (χ1n) is 6.10. The summed E-state index contributed by atoms with van der Waals surface area (Å²) in [7, 11) is 0. The Kier molecular flexibility index (Phi) is 3.89. The Bertz CT molecular complexity index is 519. The van der Waals surface area contributed by atoms with Crippen LogP contribution in [-0.4, -0.2) is 15.3 Å². The lowest BCUT2D eigenvalue weighted by molar-refractivity contribution is 0.0946. The van der Waals surface area contributed by atoms with Gasteiger partial charge >= 0.3 is 0 Å². The molecule has 2 aromatic rings. The van der Waals surface area contributed by atoms with Crippen molar-refractivity contribution >= 4 is 5.78 Å². The largest absolute Gasteiger partial charge is 0.328 e. The lowest BCUT2D eigenvalue weighted by Gasteiger charge is -2.11. The first kappa shape index (κ1) is 12.5. The van der Waals surface area contributed by atoms with Gasteiger partial charge in [-0.2, -0.15) is 0 Å². The molecule has 94 valence electrons. The van der Waals surface area contributed by atoms with Crippen LogP contribution in [0, 0.1) is 0 Å². The molecule has 18 heavy (non-hydrogen) atoms. The number of ketones is 1. The van der Waals surface area contributed by atoms with E-state index in [0.29, 0.717) is 5.82 Å². The van der Waals surface area contributed by atoms with E-state index in [1.165, 1.54) is 0 Å². The molecule has 1 atom stereocenters.